The molecule has 0 saturated heterocycles. The molecule has 1 rings (SSSR count). The number of aryl methyl sites for hydroxylation is 1. The van der Waals surface area contributed by atoms with Crippen LogP contribution < -0.4 is 0 Å². The molecule has 0 unspecified atom stereocenters. The fourth-order valence-corrected chi connectivity index (χ4v) is 1.84. The van der Waals surface area contributed by atoms with E-state index in [-0.39, 0.29) is 5.82 Å². The van der Waals surface area contributed by atoms with E-state index in [4.69, 9.17) is 10.7 Å². The lowest BCUT2D eigenvalue weighted by Crippen LogP contribution is -2.13. The molecule has 0 aliphatic carbocycles. The molecule has 0 amide bonds. The number of alkyl halides is 2. The highest BCUT2D eigenvalue weighted by Crippen LogP contribution is 2.14. The average molecular weight is 246 g/mol. The maximum atomic E-state index is 12.0. The first-order valence-corrected chi connectivity index (χ1v) is 5.76. The molecule has 0 bridgehead atoms. The van der Waals surface area contributed by atoms with E-state index in [1.807, 2.05) is 0 Å². The van der Waals surface area contributed by atoms with Crippen molar-refractivity contribution in [2.75, 3.05) is 0 Å². The predicted octanol–water partition coefficient (Wildman–Crippen LogP) is 0.779. The molecule has 1 aromatic rings. The van der Waals surface area contributed by atoms with Gasteiger partial charge in [-0.3, -0.25) is 4.57 Å². The van der Waals surface area contributed by atoms with E-state index >= 15 is 0 Å². The molecular formula is C5H6ClF2N3O2S. The van der Waals surface area contributed by atoms with Crippen LogP contribution in [0.1, 0.15) is 5.82 Å². The Bertz CT molecular complexity index is 430. The molecule has 9 heteroatoms. The molecule has 1 heterocycles. The van der Waals surface area contributed by atoms with Gasteiger partial charge in [0, 0.05) is 10.7 Å². The summed E-state index contributed by atoms with van der Waals surface area (Å²) < 4.78 is 46.5. The van der Waals surface area contributed by atoms with Gasteiger partial charge in [-0.2, -0.15) is 0 Å². The molecular weight excluding hydrogens is 240 g/mol. The SMILES string of the molecule is Cc1nnc(S(=O)(=O)Cl)n1CC(F)F. The predicted molar refractivity (Wildman–Crippen MR) is 43.8 cm³/mol. The third kappa shape index (κ3) is 2.38. The van der Waals surface area contributed by atoms with Crippen LogP contribution >= 0.6 is 10.7 Å². The fraction of sp³-hybridized carbons (Fsp3) is 0.600. The lowest BCUT2D eigenvalue weighted by molar-refractivity contribution is 0.122. The number of nitrogens with zero attached hydrogens (tertiary/aromatic N) is 3. The Balaban J connectivity index is 3.20. The van der Waals surface area contributed by atoms with Crippen molar-refractivity contribution in [1.82, 2.24) is 14.8 Å². The summed E-state index contributed by atoms with van der Waals surface area (Å²) in [5, 5.41) is 5.90. The first-order chi connectivity index (χ1) is 6.32. The van der Waals surface area contributed by atoms with Crippen molar-refractivity contribution < 1.29 is 17.2 Å². The maximum absolute atomic E-state index is 12.0. The lowest BCUT2D eigenvalue weighted by atomic mass is 10.6. The van der Waals surface area contributed by atoms with Crippen LogP contribution in [0.25, 0.3) is 0 Å². The van der Waals surface area contributed by atoms with E-state index in [2.05, 4.69) is 10.2 Å². The van der Waals surface area contributed by atoms with E-state index < -0.39 is 27.2 Å². The topological polar surface area (TPSA) is 64.8 Å². The van der Waals surface area contributed by atoms with Crippen LogP contribution in [-0.2, 0) is 15.6 Å². The van der Waals surface area contributed by atoms with Crippen molar-refractivity contribution in [1.29, 1.82) is 0 Å². The van der Waals surface area contributed by atoms with Crippen LogP contribution in [0.3, 0.4) is 0 Å². The molecule has 0 aliphatic rings. The van der Waals surface area contributed by atoms with E-state index in [0.717, 1.165) is 4.57 Å². The summed E-state index contributed by atoms with van der Waals surface area (Å²) in [4.78, 5) is 0. The van der Waals surface area contributed by atoms with Crippen molar-refractivity contribution in [3.63, 3.8) is 0 Å². The van der Waals surface area contributed by atoms with Crippen LogP contribution in [-0.4, -0.2) is 29.6 Å². The first kappa shape index (κ1) is 11.3. The van der Waals surface area contributed by atoms with Crippen molar-refractivity contribution in [3.8, 4) is 0 Å². The third-order valence-electron chi connectivity index (χ3n) is 1.44. The molecule has 0 aromatic carbocycles. The summed E-state index contributed by atoms with van der Waals surface area (Å²) in [7, 11) is 0.834. The van der Waals surface area contributed by atoms with Gasteiger partial charge in [0.15, 0.2) is 0 Å². The Morgan fingerprint density at radius 3 is 2.50 bits per heavy atom. The number of rotatable bonds is 3. The average Bonchev–Trinajstić information content (AvgIpc) is 2.30. The highest BCUT2D eigenvalue weighted by atomic mass is 35.7. The monoisotopic (exact) mass is 245 g/mol. The third-order valence-corrected chi connectivity index (χ3v) is 2.59. The molecule has 0 N–H and O–H groups in total. The quantitative estimate of drug-likeness (QED) is 0.738. The van der Waals surface area contributed by atoms with Crippen molar-refractivity contribution >= 4 is 19.7 Å². The minimum atomic E-state index is -4.13. The maximum Gasteiger partial charge on any atom is 0.296 e. The van der Waals surface area contributed by atoms with Crippen molar-refractivity contribution in [3.05, 3.63) is 5.82 Å². The summed E-state index contributed by atoms with van der Waals surface area (Å²) in [6.07, 6.45) is -2.69. The van der Waals surface area contributed by atoms with Gasteiger partial charge >= 0.3 is 0 Å². The molecule has 0 fully saturated rings. The summed E-state index contributed by atoms with van der Waals surface area (Å²) in [5.41, 5.74) is 0. The molecule has 80 valence electrons. The smallest absolute Gasteiger partial charge is 0.295 e. The Kier molecular flexibility index (Phi) is 3.05. The molecule has 14 heavy (non-hydrogen) atoms. The molecule has 0 atom stereocenters. The standard InChI is InChI=1S/C5H6ClF2N3O2S/c1-3-9-10-5(14(6,12)13)11(3)2-4(7)8/h4H,2H2,1H3. The Labute approximate surface area is 83.1 Å². The van der Waals surface area contributed by atoms with Crippen LogP contribution in [0.2, 0.25) is 0 Å². The van der Waals surface area contributed by atoms with Crippen LogP contribution in [0.4, 0.5) is 8.78 Å². The Morgan fingerprint density at radius 2 is 2.07 bits per heavy atom. The summed E-state index contributed by atoms with van der Waals surface area (Å²) in [5.74, 6) is 0.0736. The van der Waals surface area contributed by atoms with E-state index in [1.54, 1.807) is 0 Å². The second kappa shape index (κ2) is 3.77. The van der Waals surface area contributed by atoms with Gasteiger partial charge in [-0.25, -0.2) is 17.2 Å². The van der Waals surface area contributed by atoms with Gasteiger partial charge in [0.05, 0.1) is 6.54 Å². The first-order valence-electron chi connectivity index (χ1n) is 3.45. The molecule has 0 radical (unpaired) electrons. The fourth-order valence-electron chi connectivity index (χ4n) is 0.890. The van der Waals surface area contributed by atoms with Gasteiger partial charge in [-0.05, 0) is 6.92 Å². The van der Waals surface area contributed by atoms with Crippen molar-refractivity contribution in [2.24, 2.45) is 0 Å². The molecule has 5 nitrogen and oxygen atoms in total. The number of halogens is 3. The van der Waals surface area contributed by atoms with E-state index in [1.165, 1.54) is 6.92 Å². The zero-order chi connectivity index (χ0) is 10.9. The van der Waals surface area contributed by atoms with E-state index in [0.29, 0.717) is 0 Å². The Morgan fingerprint density at radius 1 is 1.50 bits per heavy atom. The zero-order valence-electron chi connectivity index (χ0n) is 6.98. The normalized spacial score (nSPS) is 12.4. The van der Waals surface area contributed by atoms with Crippen molar-refractivity contribution in [2.45, 2.75) is 25.1 Å². The number of aromatic nitrogens is 3. The molecule has 0 spiro atoms. The van der Waals surface area contributed by atoms with Crippen LogP contribution in [0.5, 0.6) is 0 Å². The van der Waals surface area contributed by atoms with Gasteiger partial charge in [-0.15, -0.1) is 10.2 Å². The molecule has 0 saturated carbocycles. The minimum Gasteiger partial charge on any atom is -0.295 e. The van der Waals surface area contributed by atoms with Gasteiger partial charge in [0.2, 0.25) is 0 Å². The summed E-state index contributed by atoms with van der Waals surface area (Å²) in [6.45, 7) is 0.571. The zero-order valence-corrected chi connectivity index (χ0v) is 8.56. The van der Waals surface area contributed by atoms with E-state index in [9.17, 15) is 17.2 Å². The summed E-state index contributed by atoms with van der Waals surface area (Å²) in [6, 6.07) is 0. The van der Waals surface area contributed by atoms with Crippen LogP contribution in [0.15, 0.2) is 5.16 Å². The van der Waals surface area contributed by atoms with Gasteiger partial charge in [0.1, 0.15) is 5.82 Å². The second-order valence-electron chi connectivity index (χ2n) is 2.47. The number of hydrogen-bond acceptors (Lipinski definition) is 4. The highest BCUT2D eigenvalue weighted by molar-refractivity contribution is 8.13. The molecule has 1 aromatic heterocycles. The van der Waals surface area contributed by atoms with Gasteiger partial charge in [0.25, 0.3) is 20.6 Å². The van der Waals surface area contributed by atoms with Crippen LogP contribution in [0, 0.1) is 6.92 Å². The highest BCUT2D eigenvalue weighted by Gasteiger charge is 2.22. The second-order valence-corrected chi connectivity index (χ2v) is 4.93. The van der Waals surface area contributed by atoms with Gasteiger partial charge < -0.3 is 0 Å². The lowest BCUT2D eigenvalue weighted by Gasteiger charge is -2.04. The minimum absolute atomic E-state index is 0.0736. The van der Waals surface area contributed by atoms with Gasteiger partial charge in [-0.1, -0.05) is 0 Å². The Hall–Kier alpha value is -0.760. The largest absolute Gasteiger partial charge is 0.296 e. The molecule has 0 aliphatic heterocycles. The number of hydrogen-bond donors (Lipinski definition) is 0. The summed E-state index contributed by atoms with van der Waals surface area (Å²) >= 11 is 0.